The Morgan fingerprint density at radius 3 is 2.18 bits per heavy atom. The molecule has 0 aromatic heterocycles. The molecule has 0 saturated carbocycles. The summed E-state index contributed by atoms with van der Waals surface area (Å²) in [7, 11) is -5.33. The molecule has 0 aromatic rings. The Morgan fingerprint density at radius 1 is 1.45 bits per heavy atom. The minimum absolute atomic E-state index is 0.363. The van der Waals surface area contributed by atoms with Gasteiger partial charge in [0, 0.05) is 0 Å². The van der Waals surface area contributed by atoms with E-state index < -0.39 is 15.2 Å². The Labute approximate surface area is 64.9 Å². The second-order valence-electron chi connectivity index (χ2n) is 1.28. The molecular weight excluding hydrogens is 206 g/mol. The van der Waals surface area contributed by atoms with Crippen LogP contribution < -0.4 is 0 Å². The van der Waals surface area contributed by atoms with Crippen molar-refractivity contribution in [2.75, 3.05) is 0 Å². The Kier molecular flexibility index (Phi) is 3.51. The summed E-state index contributed by atoms with van der Waals surface area (Å²) in [4.78, 5) is 0. The van der Waals surface area contributed by atoms with Crippen LogP contribution in [0.1, 0.15) is 0 Å². The molecule has 10 heteroatoms. The van der Waals surface area contributed by atoms with Crippen LogP contribution in [0.2, 0.25) is 0 Å². The predicted molar refractivity (Wildman–Crippen MR) is 33.4 cm³/mol. The van der Waals surface area contributed by atoms with Crippen molar-refractivity contribution in [3.05, 3.63) is 0 Å². The molecule has 0 spiro atoms. The molecule has 0 aliphatic carbocycles. The Hall–Kier alpha value is -0.0851. The third kappa shape index (κ3) is 3.21. The summed E-state index contributed by atoms with van der Waals surface area (Å²) in [6.07, 6.45) is -0.363. The third-order valence-electron chi connectivity index (χ3n) is 0.552. The van der Waals surface area contributed by atoms with Gasteiger partial charge in [0.25, 0.3) is 0 Å². The van der Waals surface area contributed by atoms with Gasteiger partial charge in [-0.25, -0.2) is 0 Å². The standard InChI is InChI=1S/CHBF3NO3S2/c3-1(4,5)11(8,9)2-6-10-7/h7H. The molecule has 0 aliphatic rings. The average molecular weight is 207 g/mol. The van der Waals surface area contributed by atoms with Crippen molar-refractivity contribution in [1.82, 2.24) is 0 Å². The monoisotopic (exact) mass is 207 g/mol. The Bertz CT molecular complexity index is 244. The number of nitrogens with zero attached hydrogens (tertiary/aromatic N) is 1. The summed E-state index contributed by atoms with van der Waals surface area (Å²) in [5.41, 5.74) is -5.35. The molecule has 0 rings (SSSR count). The zero-order valence-electron chi connectivity index (χ0n) is 4.74. The molecular formula is CHBF3NO3S2. The number of hydrogen-bond donors (Lipinski definition) is 1. The van der Waals surface area contributed by atoms with Gasteiger partial charge in [-0.05, 0) is 0 Å². The molecule has 4 nitrogen and oxygen atoms in total. The van der Waals surface area contributed by atoms with Crippen LogP contribution in [0.3, 0.4) is 0 Å². The molecule has 0 amide bonds. The summed E-state index contributed by atoms with van der Waals surface area (Å²) in [6.45, 7) is 0. The van der Waals surface area contributed by atoms with Crippen molar-refractivity contribution in [2.45, 2.75) is 5.51 Å². The van der Waals surface area contributed by atoms with Crippen molar-refractivity contribution in [1.29, 1.82) is 0 Å². The molecule has 0 radical (unpaired) electrons. The van der Waals surface area contributed by atoms with E-state index in [-0.39, 0.29) is 18.6 Å². The fourth-order valence-electron chi connectivity index (χ4n) is 0.136. The number of rotatable bonds is 2. The maximum absolute atomic E-state index is 11.4. The van der Waals surface area contributed by atoms with Gasteiger partial charge in [0.1, 0.15) is 0 Å². The van der Waals surface area contributed by atoms with Crippen molar-refractivity contribution in [3.8, 4) is 0 Å². The normalized spacial score (nSPS) is 13.5. The van der Waals surface area contributed by atoms with Gasteiger partial charge in [-0.15, -0.1) is 0 Å². The van der Waals surface area contributed by atoms with Crippen LogP contribution in [0.25, 0.3) is 0 Å². The quantitative estimate of drug-likeness (QED) is 0.414. The van der Waals surface area contributed by atoms with E-state index in [2.05, 4.69) is 4.30 Å². The predicted octanol–water partition coefficient (Wildman–Crippen LogP) is 0.845. The van der Waals surface area contributed by atoms with Gasteiger partial charge in [0.15, 0.2) is 0 Å². The van der Waals surface area contributed by atoms with Gasteiger partial charge in [-0.2, -0.15) is 0 Å². The van der Waals surface area contributed by atoms with Crippen LogP contribution in [-0.4, -0.2) is 24.8 Å². The van der Waals surface area contributed by atoms with Crippen LogP contribution >= 0.6 is 12.2 Å². The van der Waals surface area contributed by atoms with E-state index in [4.69, 9.17) is 4.55 Å². The molecule has 0 unspecified atom stereocenters. The summed E-state index contributed by atoms with van der Waals surface area (Å²) < 4.78 is 64.4. The number of alkyl halides is 3. The molecule has 0 heterocycles. The van der Waals surface area contributed by atoms with Gasteiger partial charge in [0.2, 0.25) is 0 Å². The van der Waals surface area contributed by atoms with Gasteiger partial charge in [-0.1, -0.05) is 0 Å². The van der Waals surface area contributed by atoms with E-state index in [1.54, 1.807) is 0 Å². The van der Waals surface area contributed by atoms with Crippen molar-refractivity contribution < 1.29 is 26.1 Å². The van der Waals surface area contributed by atoms with E-state index in [1.807, 2.05) is 0 Å². The van der Waals surface area contributed by atoms with Crippen molar-refractivity contribution >= 4 is 28.3 Å². The molecule has 0 atom stereocenters. The molecule has 0 aliphatic heterocycles. The zero-order valence-corrected chi connectivity index (χ0v) is 6.37. The van der Waals surface area contributed by atoms with Gasteiger partial charge in [0.05, 0.1) is 0 Å². The fraction of sp³-hybridized carbons (Fsp3) is 1.00. The van der Waals surface area contributed by atoms with Crippen molar-refractivity contribution in [3.63, 3.8) is 0 Å². The van der Waals surface area contributed by atoms with Crippen LogP contribution in [0.15, 0.2) is 4.30 Å². The van der Waals surface area contributed by atoms with E-state index in [9.17, 15) is 21.6 Å². The fourth-order valence-corrected chi connectivity index (χ4v) is 0.862. The second-order valence-corrected chi connectivity index (χ2v) is 3.42. The number of hydrogen-bond acceptors (Lipinski definition) is 5. The van der Waals surface area contributed by atoms with Crippen LogP contribution in [-0.2, 0) is 9.69 Å². The summed E-state index contributed by atoms with van der Waals surface area (Å²) >= 11 is -0.365. The molecule has 0 bridgehead atoms. The molecule has 0 saturated heterocycles. The van der Waals surface area contributed by atoms with Crippen molar-refractivity contribution in [2.24, 2.45) is 4.30 Å². The first-order valence-electron chi connectivity index (χ1n) is 1.96. The summed E-state index contributed by atoms with van der Waals surface area (Å²) in [6, 6.07) is 0. The first kappa shape index (κ1) is 10.9. The first-order chi connectivity index (χ1) is 4.81. The first-order valence-corrected chi connectivity index (χ1v) is 4.24. The van der Waals surface area contributed by atoms with Gasteiger partial charge >= 0.3 is 64.2 Å². The summed E-state index contributed by atoms with van der Waals surface area (Å²) in [5.74, 6) is 0. The van der Waals surface area contributed by atoms with Gasteiger partial charge < -0.3 is 0 Å². The van der Waals surface area contributed by atoms with Crippen LogP contribution in [0, 0.1) is 0 Å². The second kappa shape index (κ2) is 3.54. The SMILES string of the molecule is O=S(=O)(/B=N/SO)C(F)(F)F. The summed E-state index contributed by atoms with van der Waals surface area (Å²) in [5, 5.41) is 0. The number of halogens is 3. The van der Waals surface area contributed by atoms with E-state index in [1.165, 1.54) is 0 Å². The molecule has 1 N–H and O–H groups in total. The van der Waals surface area contributed by atoms with E-state index >= 15 is 0 Å². The minimum atomic E-state index is -5.35. The maximum atomic E-state index is 11.4. The van der Waals surface area contributed by atoms with Crippen LogP contribution in [0.4, 0.5) is 13.2 Å². The molecule has 0 fully saturated rings. The third-order valence-corrected chi connectivity index (χ3v) is 1.91. The molecule has 0 aromatic carbocycles. The van der Waals surface area contributed by atoms with Crippen LogP contribution in [0.5, 0.6) is 0 Å². The Balaban J connectivity index is 4.64. The zero-order chi connectivity index (χ0) is 9.12. The van der Waals surface area contributed by atoms with E-state index in [0.717, 1.165) is 0 Å². The topological polar surface area (TPSA) is 66.7 Å². The Morgan fingerprint density at radius 2 is 1.91 bits per heavy atom. The molecule has 11 heavy (non-hydrogen) atoms. The molecule has 64 valence electrons. The average Bonchev–Trinajstić information content (AvgIpc) is 1.81. The van der Waals surface area contributed by atoms with Gasteiger partial charge in [-0.3, -0.25) is 0 Å². The van der Waals surface area contributed by atoms with E-state index in [0.29, 0.717) is 0 Å².